The standard InChI is InChI=1S/C16H14ClN3O4/c1-2-24-13-6-3-11(4-7-13)10-18-19-16(21)12-5-8-14(17)15(9-12)20(22)23/h3-10H,2H2,1H3,(H,19,21)/b18-10+. The quantitative estimate of drug-likeness (QED) is 0.492. The minimum Gasteiger partial charge on any atom is -0.494 e. The van der Waals surface area contributed by atoms with Crippen molar-refractivity contribution in [1.82, 2.24) is 5.43 Å². The summed E-state index contributed by atoms with van der Waals surface area (Å²) in [6.07, 6.45) is 1.46. The number of nitro benzene ring substituents is 1. The van der Waals surface area contributed by atoms with Crippen LogP contribution in [-0.2, 0) is 0 Å². The zero-order chi connectivity index (χ0) is 17.5. The fraction of sp³-hybridized carbons (Fsp3) is 0.125. The molecule has 0 atom stereocenters. The molecule has 1 N–H and O–H groups in total. The van der Waals surface area contributed by atoms with Gasteiger partial charge in [0, 0.05) is 11.6 Å². The first-order valence-corrected chi connectivity index (χ1v) is 7.39. The van der Waals surface area contributed by atoms with Crippen LogP contribution in [0.15, 0.2) is 47.6 Å². The average Bonchev–Trinajstić information content (AvgIpc) is 2.56. The second-order valence-corrected chi connectivity index (χ2v) is 5.03. The Kier molecular flexibility index (Phi) is 5.86. The van der Waals surface area contributed by atoms with Crippen LogP contribution in [0.4, 0.5) is 5.69 Å². The maximum Gasteiger partial charge on any atom is 0.288 e. The largest absolute Gasteiger partial charge is 0.494 e. The van der Waals surface area contributed by atoms with Crippen LogP contribution in [0.3, 0.4) is 0 Å². The summed E-state index contributed by atoms with van der Waals surface area (Å²) in [6, 6.07) is 10.9. The predicted octanol–water partition coefficient (Wildman–Crippen LogP) is 3.41. The lowest BCUT2D eigenvalue weighted by Crippen LogP contribution is -2.17. The number of carbonyl (C=O) groups excluding carboxylic acids is 1. The summed E-state index contributed by atoms with van der Waals surface area (Å²) in [5.74, 6) is 0.170. The van der Waals surface area contributed by atoms with Crippen LogP contribution in [0.5, 0.6) is 5.75 Å². The van der Waals surface area contributed by atoms with E-state index in [1.807, 2.05) is 6.92 Å². The third-order valence-corrected chi connectivity index (χ3v) is 3.30. The molecule has 0 radical (unpaired) electrons. The van der Waals surface area contributed by atoms with Gasteiger partial charge in [-0.1, -0.05) is 11.6 Å². The molecule has 1 amide bonds. The van der Waals surface area contributed by atoms with Crippen molar-refractivity contribution in [3.63, 3.8) is 0 Å². The van der Waals surface area contributed by atoms with Crippen LogP contribution < -0.4 is 10.2 Å². The molecule has 24 heavy (non-hydrogen) atoms. The molecular formula is C16H14ClN3O4. The van der Waals surface area contributed by atoms with E-state index in [0.717, 1.165) is 17.4 Å². The van der Waals surface area contributed by atoms with E-state index < -0.39 is 10.8 Å². The first-order chi connectivity index (χ1) is 11.5. The minimum absolute atomic E-state index is 0.0329. The van der Waals surface area contributed by atoms with Gasteiger partial charge in [-0.25, -0.2) is 5.43 Å². The van der Waals surface area contributed by atoms with E-state index >= 15 is 0 Å². The van der Waals surface area contributed by atoms with E-state index in [9.17, 15) is 14.9 Å². The number of rotatable bonds is 6. The van der Waals surface area contributed by atoms with Crippen LogP contribution in [-0.4, -0.2) is 23.7 Å². The molecule has 0 bridgehead atoms. The average molecular weight is 348 g/mol. The van der Waals surface area contributed by atoms with Gasteiger partial charge in [-0.2, -0.15) is 5.10 Å². The summed E-state index contributed by atoms with van der Waals surface area (Å²) in [4.78, 5) is 22.1. The highest BCUT2D eigenvalue weighted by Gasteiger charge is 2.15. The molecule has 2 rings (SSSR count). The molecule has 7 nitrogen and oxygen atoms in total. The number of halogens is 1. The molecular weight excluding hydrogens is 334 g/mol. The Labute approximate surface area is 143 Å². The number of nitro groups is 1. The molecule has 2 aromatic carbocycles. The normalized spacial score (nSPS) is 10.6. The zero-order valence-corrected chi connectivity index (χ0v) is 13.5. The Hall–Kier alpha value is -2.93. The van der Waals surface area contributed by atoms with E-state index in [1.165, 1.54) is 18.3 Å². The zero-order valence-electron chi connectivity index (χ0n) is 12.7. The van der Waals surface area contributed by atoms with Crippen molar-refractivity contribution in [1.29, 1.82) is 0 Å². The fourth-order valence-corrected chi connectivity index (χ4v) is 2.03. The first kappa shape index (κ1) is 17.4. The summed E-state index contributed by atoms with van der Waals surface area (Å²) in [7, 11) is 0. The van der Waals surface area contributed by atoms with Gasteiger partial charge in [-0.15, -0.1) is 0 Å². The van der Waals surface area contributed by atoms with Crippen LogP contribution in [0, 0.1) is 10.1 Å². The van der Waals surface area contributed by atoms with Gasteiger partial charge in [0.05, 0.1) is 17.7 Å². The predicted molar refractivity (Wildman–Crippen MR) is 90.8 cm³/mol. The van der Waals surface area contributed by atoms with E-state index in [0.29, 0.717) is 6.61 Å². The maximum atomic E-state index is 11.9. The lowest BCUT2D eigenvalue weighted by Gasteiger charge is -2.03. The molecule has 0 saturated heterocycles. The van der Waals surface area contributed by atoms with Gasteiger partial charge in [0.2, 0.25) is 0 Å². The second-order valence-electron chi connectivity index (χ2n) is 4.62. The van der Waals surface area contributed by atoms with Crippen molar-refractivity contribution in [2.75, 3.05) is 6.61 Å². The van der Waals surface area contributed by atoms with Crippen molar-refractivity contribution in [2.45, 2.75) is 6.92 Å². The van der Waals surface area contributed by atoms with Gasteiger partial charge < -0.3 is 4.74 Å². The Morgan fingerprint density at radius 2 is 2.04 bits per heavy atom. The third kappa shape index (κ3) is 4.53. The monoisotopic (exact) mass is 347 g/mol. The fourth-order valence-electron chi connectivity index (χ4n) is 1.84. The second kappa shape index (κ2) is 8.07. The van der Waals surface area contributed by atoms with Gasteiger partial charge in [-0.05, 0) is 48.9 Å². The molecule has 0 heterocycles. The lowest BCUT2D eigenvalue weighted by molar-refractivity contribution is -0.384. The summed E-state index contributed by atoms with van der Waals surface area (Å²) < 4.78 is 5.32. The topological polar surface area (TPSA) is 93.8 Å². The number of nitrogens with one attached hydrogen (secondary N) is 1. The van der Waals surface area contributed by atoms with Crippen molar-refractivity contribution in [2.24, 2.45) is 5.10 Å². The number of benzene rings is 2. The van der Waals surface area contributed by atoms with Crippen molar-refractivity contribution >= 4 is 29.4 Å². The molecule has 0 aliphatic rings. The summed E-state index contributed by atoms with van der Waals surface area (Å²) in [6.45, 7) is 2.47. The van der Waals surface area contributed by atoms with Crippen LogP contribution in [0.2, 0.25) is 5.02 Å². The number of hydrogen-bond acceptors (Lipinski definition) is 5. The first-order valence-electron chi connectivity index (χ1n) is 7.01. The number of carbonyl (C=O) groups is 1. The highest BCUT2D eigenvalue weighted by Crippen LogP contribution is 2.24. The van der Waals surface area contributed by atoms with E-state index in [4.69, 9.17) is 16.3 Å². The minimum atomic E-state index is -0.650. The molecule has 124 valence electrons. The summed E-state index contributed by atoms with van der Waals surface area (Å²) >= 11 is 5.70. The molecule has 8 heteroatoms. The summed E-state index contributed by atoms with van der Waals surface area (Å²) in [5, 5.41) is 14.6. The molecule has 0 aliphatic heterocycles. The van der Waals surface area contributed by atoms with Gasteiger partial charge in [0.15, 0.2) is 0 Å². The number of amides is 1. The number of ether oxygens (including phenoxy) is 1. The molecule has 2 aromatic rings. The van der Waals surface area contributed by atoms with Crippen molar-refractivity contribution in [3.8, 4) is 5.75 Å². The van der Waals surface area contributed by atoms with Crippen molar-refractivity contribution in [3.05, 3.63) is 68.7 Å². The van der Waals surface area contributed by atoms with Crippen LogP contribution in [0.1, 0.15) is 22.8 Å². The van der Waals surface area contributed by atoms with Crippen LogP contribution in [0.25, 0.3) is 0 Å². The number of hydrogen-bond donors (Lipinski definition) is 1. The Morgan fingerprint density at radius 1 is 1.33 bits per heavy atom. The maximum absolute atomic E-state index is 11.9. The van der Waals surface area contributed by atoms with Crippen molar-refractivity contribution < 1.29 is 14.5 Å². The van der Waals surface area contributed by atoms with Crippen LogP contribution >= 0.6 is 11.6 Å². The SMILES string of the molecule is CCOc1ccc(/C=N/NC(=O)c2ccc(Cl)c([N+](=O)[O-])c2)cc1. The van der Waals surface area contributed by atoms with Gasteiger partial charge >= 0.3 is 0 Å². The summed E-state index contributed by atoms with van der Waals surface area (Å²) in [5.41, 5.74) is 2.83. The molecule has 0 aromatic heterocycles. The molecule has 0 aliphatic carbocycles. The Balaban J connectivity index is 2.02. The highest BCUT2D eigenvalue weighted by atomic mass is 35.5. The third-order valence-electron chi connectivity index (χ3n) is 2.98. The smallest absolute Gasteiger partial charge is 0.288 e. The Bertz CT molecular complexity index is 775. The Morgan fingerprint density at radius 3 is 2.67 bits per heavy atom. The number of hydrazone groups is 1. The number of nitrogens with zero attached hydrogens (tertiary/aromatic N) is 2. The lowest BCUT2D eigenvalue weighted by atomic mass is 10.2. The molecule has 0 fully saturated rings. The van der Waals surface area contributed by atoms with E-state index in [-0.39, 0.29) is 16.3 Å². The molecule has 0 unspecified atom stereocenters. The van der Waals surface area contributed by atoms with Gasteiger partial charge in [-0.3, -0.25) is 14.9 Å². The van der Waals surface area contributed by atoms with E-state index in [1.54, 1.807) is 24.3 Å². The van der Waals surface area contributed by atoms with E-state index in [2.05, 4.69) is 10.5 Å². The van der Waals surface area contributed by atoms with Gasteiger partial charge in [0.25, 0.3) is 11.6 Å². The molecule has 0 saturated carbocycles. The molecule has 0 spiro atoms. The van der Waals surface area contributed by atoms with Gasteiger partial charge in [0.1, 0.15) is 10.8 Å². The highest BCUT2D eigenvalue weighted by molar-refractivity contribution is 6.32.